The predicted octanol–water partition coefficient (Wildman–Crippen LogP) is 10.3. The third kappa shape index (κ3) is 6.62. The van der Waals surface area contributed by atoms with Gasteiger partial charge in [-0.05, 0) is 112 Å². The lowest BCUT2D eigenvalue weighted by Crippen LogP contribution is -2.41. The van der Waals surface area contributed by atoms with Crippen LogP contribution in [0.2, 0.25) is 0 Å². The minimum atomic E-state index is -0.365. The fourth-order valence-electron chi connectivity index (χ4n) is 4.93. The molecule has 0 atom stereocenters. The highest BCUT2D eigenvalue weighted by atomic mass is 32.1. The molecule has 0 saturated carbocycles. The van der Waals surface area contributed by atoms with Gasteiger partial charge in [-0.3, -0.25) is 4.79 Å². The van der Waals surface area contributed by atoms with E-state index in [0.717, 1.165) is 57.4 Å². The van der Waals surface area contributed by atoms with E-state index in [1.165, 1.54) is 19.3 Å². The number of carbonyl (C=O) groups is 1. The van der Waals surface area contributed by atoms with Gasteiger partial charge in [0.05, 0.1) is 22.7 Å². The molecule has 0 radical (unpaired) electrons. The van der Waals surface area contributed by atoms with Crippen LogP contribution in [0.4, 0.5) is 17.1 Å². The Morgan fingerprint density at radius 1 is 0.762 bits per heavy atom. The van der Waals surface area contributed by atoms with Crippen LogP contribution >= 0.6 is 11.3 Å². The Balaban J connectivity index is 1.36. The summed E-state index contributed by atoms with van der Waals surface area (Å²) in [6.07, 6.45) is 5.23. The number of nitrogens with zero attached hydrogens (tertiary/aromatic N) is 1. The fraction of sp³-hybridized carbons (Fsp3) is 0.361. The molecule has 1 aliphatic heterocycles. The van der Waals surface area contributed by atoms with E-state index in [0.29, 0.717) is 5.56 Å². The van der Waals surface area contributed by atoms with E-state index in [9.17, 15) is 4.79 Å². The largest absolute Gasteiger partial charge is 0.494 e. The SMILES string of the molecule is CCCCCCOc1ccc(N(c2ccc(C=O)cc2)c2ccc(-c3ccc(C4OC(C)(C)C(C)(C)O4)s3)cc2)cc1. The van der Waals surface area contributed by atoms with Gasteiger partial charge in [0.25, 0.3) is 0 Å². The number of hydrogen-bond acceptors (Lipinski definition) is 6. The van der Waals surface area contributed by atoms with Crippen LogP contribution in [0.15, 0.2) is 84.9 Å². The van der Waals surface area contributed by atoms with Crippen molar-refractivity contribution >= 4 is 34.7 Å². The molecular weight excluding hydrogens is 542 g/mol. The maximum absolute atomic E-state index is 11.3. The van der Waals surface area contributed by atoms with Gasteiger partial charge in [0.2, 0.25) is 0 Å². The molecule has 1 aliphatic rings. The van der Waals surface area contributed by atoms with E-state index in [4.69, 9.17) is 14.2 Å². The van der Waals surface area contributed by atoms with Gasteiger partial charge in [0, 0.05) is 27.5 Å². The summed E-state index contributed by atoms with van der Waals surface area (Å²) in [5.74, 6) is 0.873. The molecule has 1 aromatic heterocycles. The minimum Gasteiger partial charge on any atom is -0.494 e. The van der Waals surface area contributed by atoms with Crippen LogP contribution in [-0.4, -0.2) is 24.1 Å². The first kappa shape index (κ1) is 30.0. The van der Waals surface area contributed by atoms with Gasteiger partial charge in [-0.25, -0.2) is 0 Å². The molecule has 5 nitrogen and oxygen atoms in total. The third-order valence-electron chi connectivity index (χ3n) is 8.17. The molecule has 1 fully saturated rings. The molecule has 0 N–H and O–H groups in total. The molecule has 3 aromatic carbocycles. The number of unbranched alkanes of at least 4 members (excludes halogenated alkanes) is 3. The lowest BCUT2D eigenvalue weighted by molar-refractivity contribution is -0.0871. The minimum absolute atomic E-state index is 0.360. The topological polar surface area (TPSA) is 48.0 Å². The van der Waals surface area contributed by atoms with Crippen LogP contribution < -0.4 is 9.64 Å². The number of carbonyl (C=O) groups excluding carboxylic acids is 1. The average Bonchev–Trinajstić information content (AvgIpc) is 3.56. The number of thiophene rings is 1. The number of ether oxygens (including phenoxy) is 3. The van der Waals surface area contributed by atoms with Crippen LogP contribution in [-0.2, 0) is 9.47 Å². The monoisotopic (exact) mass is 583 g/mol. The van der Waals surface area contributed by atoms with Crippen LogP contribution in [0, 0.1) is 0 Å². The summed E-state index contributed by atoms with van der Waals surface area (Å²) in [4.78, 5) is 15.7. The van der Waals surface area contributed by atoms with Crippen LogP contribution in [0.5, 0.6) is 5.75 Å². The molecular formula is C36H41NO4S. The Bertz CT molecular complexity index is 1440. The predicted molar refractivity (Wildman–Crippen MR) is 173 cm³/mol. The first-order chi connectivity index (χ1) is 20.2. The Labute approximate surface area is 254 Å². The molecule has 0 amide bonds. The quantitative estimate of drug-likeness (QED) is 0.123. The highest BCUT2D eigenvalue weighted by Gasteiger charge is 2.49. The van der Waals surface area contributed by atoms with Crippen molar-refractivity contribution in [2.24, 2.45) is 0 Å². The number of hydrogen-bond donors (Lipinski definition) is 0. The maximum atomic E-state index is 11.3. The number of benzene rings is 3. The second kappa shape index (κ2) is 12.8. The molecule has 0 bridgehead atoms. The van der Waals surface area contributed by atoms with Crippen molar-refractivity contribution in [3.05, 3.63) is 95.4 Å². The fourth-order valence-corrected chi connectivity index (χ4v) is 5.90. The van der Waals surface area contributed by atoms with Crippen molar-refractivity contribution in [3.63, 3.8) is 0 Å². The lowest BCUT2D eigenvalue weighted by atomic mass is 9.90. The number of anilines is 3. The summed E-state index contributed by atoms with van der Waals surface area (Å²) in [6.45, 7) is 11.3. The summed E-state index contributed by atoms with van der Waals surface area (Å²) >= 11 is 1.70. The smallest absolute Gasteiger partial charge is 0.194 e. The van der Waals surface area contributed by atoms with Gasteiger partial charge in [0.15, 0.2) is 6.29 Å². The summed E-state index contributed by atoms with van der Waals surface area (Å²) in [7, 11) is 0. The highest BCUT2D eigenvalue weighted by Crippen LogP contribution is 2.47. The third-order valence-corrected chi connectivity index (χ3v) is 9.33. The van der Waals surface area contributed by atoms with Crippen molar-refractivity contribution in [3.8, 4) is 16.2 Å². The van der Waals surface area contributed by atoms with Crippen molar-refractivity contribution in [1.82, 2.24) is 0 Å². The molecule has 4 aromatic rings. The molecule has 1 saturated heterocycles. The Hall–Kier alpha value is -3.45. The van der Waals surface area contributed by atoms with Gasteiger partial charge in [-0.1, -0.05) is 38.3 Å². The second-order valence-corrected chi connectivity index (χ2v) is 12.9. The van der Waals surface area contributed by atoms with Gasteiger partial charge in [0.1, 0.15) is 12.0 Å². The number of aldehydes is 1. The number of rotatable bonds is 12. The van der Waals surface area contributed by atoms with E-state index >= 15 is 0 Å². The molecule has 5 rings (SSSR count). The van der Waals surface area contributed by atoms with Gasteiger partial charge in [-0.15, -0.1) is 11.3 Å². The molecule has 0 unspecified atom stereocenters. The summed E-state index contributed by atoms with van der Waals surface area (Å²) in [5.41, 5.74) is 4.06. The van der Waals surface area contributed by atoms with Crippen LogP contribution in [0.1, 0.15) is 81.8 Å². The molecule has 42 heavy (non-hydrogen) atoms. The Kier molecular flexibility index (Phi) is 9.16. The van der Waals surface area contributed by atoms with Crippen molar-refractivity contribution < 1.29 is 19.0 Å². The zero-order valence-electron chi connectivity index (χ0n) is 25.3. The molecule has 0 aliphatic carbocycles. The first-order valence-corrected chi connectivity index (χ1v) is 15.7. The summed E-state index contributed by atoms with van der Waals surface area (Å²) in [6, 6.07) is 28.7. The Morgan fingerprint density at radius 2 is 1.33 bits per heavy atom. The first-order valence-electron chi connectivity index (χ1n) is 14.8. The Morgan fingerprint density at radius 3 is 1.90 bits per heavy atom. The second-order valence-electron chi connectivity index (χ2n) is 11.8. The zero-order valence-corrected chi connectivity index (χ0v) is 26.1. The van der Waals surface area contributed by atoms with E-state index in [1.54, 1.807) is 11.3 Å². The van der Waals surface area contributed by atoms with Crippen molar-refractivity contribution in [2.75, 3.05) is 11.5 Å². The van der Waals surface area contributed by atoms with E-state index in [2.05, 4.69) is 88.0 Å². The van der Waals surface area contributed by atoms with Gasteiger partial charge in [-0.2, -0.15) is 0 Å². The normalized spacial score (nSPS) is 15.9. The van der Waals surface area contributed by atoms with Crippen LogP contribution in [0.3, 0.4) is 0 Å². The lowest BCUT2D eigenvalue weighted by Gasteiger charge is -2.30. The van der Waals surface area contributed by atoms with Gasteiger partial charge >= 0.3 is 0 Å². The van der Waals surface area contributed by atoms with Crippen molar-refractivity contribution in [2.45, 2.75) is 77.8 Å². The molecule has 0 spiro atoms. The zero-order chi connectivity index (χ0) is 29.7. The summed E-state index contributed by atoms with van der Waals surface area (Å²) in [5, 5.41) is 0. The van der Waals surface area contributed by atoms with Crippen LogP contribution in [0.25, 0.3) is 10.4 Å². The maximum Gasteiger partial charge on any atom is 0.194 e. The molecule has 220 valence electrons. The average molecular weight is 584 g/mol. The molecule has 2 heterocycles. The van der Waals surface area contributed by atoms with E-state index in [1.807, 2.05) is 36.4 Å². The highest BCUT2D eigenvalue weighted by molar-refractivity contribution is 7.15. The van der Waals surface area contributed by atoms with E-state index < -0.39 is 0 Å². The van der Waals surface area contributed by atoms with Crippen molar-refractivity contribution in [1.29, 1.82) is 0 Å². The van der Waals surface area contributed by atoms with E-state index in [-0.39, 0.29) is 17.5 Å². The standard InChI is InChI=1S/C36H41NO4S/c1-6-7-8-9-24-39-31-20-18-30(19-21-31)37(28-14-10-26(25-38)11-15-28)29-16-12-27(13-17-29)32-22-23-33(42-32)34-40-35(2,3)36(4,5)41-34/h10-23,25,34H,6-9,24H2,1-5H3. The molecule has 6 heteroatoms. The summed E-state index contributed by atoms with van der Waals surface area (Å²) < 4.78 is 18.5. The van der Waals surface area contributed by atoms with Gasteiger partial charge < -0.3 is 19.1 Å².